The lowest BCUT2D eigenvalue weighted by Gasteiger charge is -2.31. The highest BCUT2D eigenvalue weighted by atomic mass is 28.3. The Balaban J connectivity index is 0.782. The van der Waals surface area contributed by atoms with E-state index in [4.69, 9.17) is 8.83 Å². The minimum absolute atomic E-state index is 0.845. The van der Waals surface area contributed by atoms with E-state index in [-0.39, 0.29) is 0 Å². The van der Waals surface area contributed by atoms with Crippen molar-refractivity contribution in [1.29, 1.82) is 0 Å². The first-order valence-corrected chi connectivity index (χ1v) is 29.8. The minimum atomic E-state index is -2.67. The minimum Gasteiger partial charge on any atom is -0.456 e. The van der Waals surface area contributed by atoms with E-state index >= 15 is 0 Å². The van der Waals surface area contributed by atoms with Gasteiger partial charge in [0.1, 0.15) is 22.3 Å². The number of furan rings is 2. The number of rotatable bonds is 8. The Labute approximate surface area is 468 Å². The normalized spacial score (nSPS) is 12.8. The molecule has 0 saturated carbocycles. The molecule has 0 spiro atoms. The smallest absolute Gasteiger partial charge is 0.180 e. The molecule has 0 fully saturated rings. The Morgan fingerprint density at radius 1 is 0.296 bits per heavy atom. The third kappa shape index (κ3) is 6.89. The zero-order valence-electron chi connectivity index (χ0n) is 43.9. The average molecular weight is 1050 g/mol. The van der Waals surface area contributed by atoms with Crippen LogP contribution in [0.15, 0.2) is 300 Å². The Morgan fingerprint density at radius 3 is 1.49 bits per heavy atom. The Hall–Kier alpha value is -10.5. The monoisotopic (exact) mass is 1050 g/mol. The van der Waals surface area contributed by atoms with E-state index in [0.29, 0.717) is 0 Å². The van der Waals surface area contributed by atoms with E-state index in [1.165, 1.54) is 70.0 Å². The number of anilines is 3. The predicted octanol–water partition coefficient (Wildman–Crippen LogP) is 17.9. The maximum atomic E-state index is 6.44. The van der Waals surface area contributed by atoms with Crippen molar-refractivity contribution in [1.82, 2.24) is 4.57 Å². The molecule has 4 heterocycles. The van der Waals surface area contributed by atoms with Gasteiger partial charge in [0.15, 0.2) is 8.07 Å². The van der Waals surface area contributed by atoms with Gasteiger partial charge in [-0.25, -0.2) is 0 Å². The van der Waals surface area contributed by atoms with Crippen molar-refractivity contribution in [3.63, 3.8) is 0 Å². The van der Waals surface area contributed by atoms with Crippen LogP contribution in [-0.2, 0) is 0 Å². The van der Waals surface area contributed by atoms with Gasteiger partial charge in [0, 0.05) is 67.2 Å². The standard InChI is InChI=1S/C76H48N2O2Si/c1-4-19-54(20-5-1)78-68-41-33-52(44-66(68)67-45-53-34-42-75-76(65(53)48-69(67)78)64-27-12-15-30-74(64)81(75,58-21-6-2-7-22-58)59-23-8-3-9-24-59)51-18-16-17-50(43-51)49-31-35-55(36-32-49)77(56-37-39-62-60-25-10-13-28-70(60)79-72(62)46-56)57-38-40-63-61-26-11-14-29-71(61)80-73(63)47-57/h1-48H. The summed E-state index contributed by atoms with van der Waals surface area (Å²) in [5.41, 5.74) is 17.3. The van der Waals surface area contributed by atoms with Crippen molar-refractivity contribution < 1.29 is 8.83 Å². The summed E-state index contributed by atoms with van der Waals surface area (Å²) < 4.78 is 15.4. The maximum absolute atomic E-state index is 6.44. The van der Waals surface area contributed by atoms with Crippen molar-refractivity contribution in [3.8, 4) is 39.1 Å². The fourth-order valence-electron chi connectivity index (χ4n) is 13.6. The van der Waals surface area contributed by atoms with Crippen LogP contribution in [-0.4, -0.2) is 12.6 Å². The van der Waals surface area contributed by atoms with Crippen molar-refractivity contribution in [2.45, 2.75) is 0 Å². The van der Waals surface area contributed by atoms with E-state index in [1.807, 2.05) is 24.3 Å². The molecule has 1 aliphatic rings. The average Bonchev–Trinajstić information content (AvgIpc) is 3.57. The summed E-state index contributed by atoms with van der Waals surface area (Å²) >= 11 is 0. The predicted molar refractivity (Wildman–Crippen MR) is 341 cm³/mol. The lowest BCUT2D eigenvalue weighted by atomic mass is 9.96. The number of hydrogen-bond donors (Lipinski definition) is 0. The molecule has 0 saturated heterocycles. The van der Waals surface area contributed by atoms with E-state index < -0.39 is 8.07 Å². The van der Waals surface area contributed by atoms with Gasteiger partial charge in [0.05, 0.1) is 11.0 Å². The molecule has 378 valence electrons. The van der Waals surface area contributed by atoms with Gasteiger partial charge in [0.2, 0.25) is 0 Å². The number of benzene rings is 13. The van der Waals surface area contributed by atoms with Gasteiger partial charge >= 0.3 is 0 Å². The van der Waals surface area contributed by atoms with Crippen LogP contribution in [0.5, 0.6) is 0 Å². The number of para-hydroxylation sites is 3. The second-order valence-electron chi connectivity index (χ2n) is 21.5. The van der Waals surface area contributed by atoms with E-state index in [9.17, 15) is 0 Å². The van der Waals surface area contributed by atoms with Crippen molar-refractivity contribution in [2.24, 2.45) is 0 Å². The molecule has 16 aromatic rings. The SMILES string of the molecule is c1ccc(-n2c3ccc(-c4cccc(-c5ccc(N(c6ccc7c(c6)oc6ccccc67)c6ccc7c(c6)oc6ccccc67)cc5)c4)cc3c3cc4ccc5c(c4cc32)-c2ccccc2[Si]5(c2ccccc2)c2ccccc2)cc1. The van der Waals surface area contributed by atoms with Gasteiger partial charge in [-0.15, -0.1) is 0 Å². The lowest BCUT2D eigenvalue weighted by molar-refractivity contribution is 0.669. The molecule has 0 aliphatic carbocycles. The molecule has 0 unspecified atom stereocenters. The molecule has 0 N–H and O–H groups in total. The molecular formula is C76H48N2O2Si. The molecule has 1 aliphatic heterocycles. The molecule has 3 aromatic heterocycles. The number of hydrogen-bond acceptors (Lipinski definition) is 3. The fourth-order valence-corrected chi connectivity index (χ4v) is 18.8. The third-order valence-corrected chi connectivity index (χ3v) is 22.1. The topological polar surface area (TPSA) is 34.5 Å². The summed E-state index contributed by atoms with van der Waals surface area (Å²) in [7, 11) is -2.67. The molecule has 5 heteroatoms. The molecule has 0 amide bonds. The summed E-state index contributed by atoms with van der Waals surface area (Å²) in [5.74, 6) is 0. The quantitative estimate of drug-likeness (QED) is 0.142. The number of aromatic nitrogens is 1. The molecule has 17 rings (SSSR count). The Bertz CT molecular complexity index is 5020. The molecule has 0 bridgehead atoms. The number of nitrogens with zero attached hydrogens (tertiary/aromatic N) is 2. The second-order valence-corrected chi connectivity index (χ2v) is 25.3. The van der Waals surface area contributed by atoms with Crippen LogP contribution in [0, 0.1) is 0 Å². The van der Waals surface area contributed by atoms with Crippen LogP contribution in [0.25, 0.3) is 116 Å². The van der Waals surface area contributed by atoms with Crippen LogP contribution in [0.3, 0.4) is 0 Å². The van der Waals surface area contributed by atoms with Gasteiger partial charge in [-0.05, 0) is 156 Å². The van der Waals surface area contributed by atoms with Crippen molar-refractivity contribution in [2.75, 3.05) is 4.90 Å². The molecule has 4 nitrogen and oxygen atoms in total. The summed E-state index contributed by atoms with van der Waals surface area (Å²) in [4.78, 5) is 2.29. The van der Waals surface area contributed by atoms with E-state index in [2.05, 4.69) is 276 Å². The van der Waals surface area contributed by atoms with Crippen LogP contribution < -0.4 is 25.6 Å². The highest BCUT2D eigenvalue weighted by molar-refractivity contribution is 7.22. The third-order valence-electron chi connectivity index (χ3n) is 17.2. The van der Waals surface area contributed by atoms with Crippen LogP contribution in [0.2, 0.25) is 0 Å². The zero-order chi connectivity index (χ0) is 53.2. The first-order chi connectivity index (χ1) is 40.1. The first-order valence-electron chi connectivity index (χ1n) is 27.8. The van der Waals surface area contributed by atoms with Crippen molar-refractivity contribution >= 4 is 122 Å². The van der Waals surface area contributed by atoms with Crippen LogP contribution in [0.1, 0.15) is 0 Å². The summed E-state index contributed by atoms with van der Waals surface area (Å²) in [5, 5.41) is 15.1. The first kappa shape index (κ1) is 45.5. The van der Waals surface area contributed by atoms with E-state index in [0.717, 1.165) is 83.3 Å². The Kier molecular flexibility index (Phi) is 10.00. The van der Waals surface area contributed by atoms with Gasteiger partial charge in [-0.1, -0.05) is 188 Å². The van der Waals surface area contributed by atoms with Crippen LogP contribution in [0.4, 0.5) is 17.1 Å². The van der Waals surface area contributed by atoms with Crippen LogP contribution >= 0.6 is 0 Å². The highest BCUT2D eigenvalue weighted by Gasteiger charge is 2.49. The maximum Gasteiger partial charge on any atom is 0.180 e. The van der Waals surface area contributed by atoms with Gasteiger partial charge in [-0.3, -0.25) is 0 Å². The zero-order valence-corrected chi connectivity index (χ0v) is 44.9. The van der Waals surface area contributed by atoms with Gasteiger partial charge < -0.3 is 18.3 Å². The lowest BCUT2D eigenvalue weighted by Crippen LogP contribution is -2.72. The molecule has 0 atom stereocenters. The van der Waals surface area contributed by atoms with Gasteiger partial charge in [-0.2, -0.15) is 0 Å². The van der Waals surface area contributed by atoms with Crippen molar-refractivity contribution in [3.05, 3.63) is 291 Å². The summed E-state index contributed by atoms with van der Waals surface area (Å²) in [6.45, 7) is 0. The largest absolute Gasteiger partial charge is 0.456 e. The Morgan fingerprint density at radius 2 is 0.827 bits per heavy atom. The molecular weight excluding hydrogens is 1000 g/mol. The number of fused-ring (bicyclic) bond motifs is 14. The van der Waals surface area contributed by atoms with Gasteiger partial charge in [0.25, 0.3) is 0 Å². The summed E-state index contributed by atoms with van der Waals surface area (Å²) in [6.07, 6.45) is 0. The fraction of sp³-hybridized carbons (Fsp3) is 0. The molecule has 0 radical (unpaired) electrons. The molecule has 81 heavy (non-hydrogen) atoms. The second kappa shape index (κ2) is 17.8. The van der Waals surface area contributed by atoms with E-state index in [1.54, 1.807) is 0 Å². The highest BCUT2D eigenvalue weighted by Crippen LogP contribution is 2.44. The molecule has 13 aromatic carbocycles. The summed E-state index contributed by atoms with van der Waals surface area (Å²) in [6, 6.07) is 107.